The molecule has 0 aliphatic heterocycles. The van der Waals surface area contributed by atoms with Gasteiger partial charge in [0.25, 0.3) is 5.22 Å². The van der Waals surface area contributed by atoms with Crippen molar-refractivity contribution in [1.82, 2.24) is 10.2 Å². The number of amides is 1. The van der Waals surface area contributed by atoms with E-state index in [-0.39, 0.29) is 11.7 Å². The van der Waals surface area contributed by atoms with Crippen LogP contribution in [0.2, 0.25) is 10.0 Å². The minimum Gasteiger partial charge on any atom is -0.495 e. The van der Waals surface area contributed by atoms with Crippen molar-refractivity contribution in [1.29, 1.82) is 0 Å². The lowest BCUT2D eigenvalue weighted by atomic mass is 10.2. The van der Waals surface area contributed by atoms with Crippen LogP contribution >= 0.6 is 35.0 Å². The molecule has 0 aliphatic carbocycles. The highest BCUT2D eigenvalue weighted by Gasteiger charge is 2.14. The molecular formula is C18H15Cl2N3O3S. The predicted molar refractivity (Wildman–Crippen MR) is 107 cm³/mol. The van der Waals surface area contributed by atoms with E-state index in [1.54, 1.807) is 30.3 Å². The molecule has 1 heterocycles. The molecule has 0 unspecified atom stereocenters. The second-order valence-corrected chi connectivity index (χ2v) is 7.29. The summed E-state index contributed by atoms with van der Waals surface area (Å²) in [6.07, 6.45) is 0. The average Bonchev–Trinajstić information content (AvgIpc) is 3.12. The molecule has 9 heteroatoms. The molecule has 1 aromatic heterocycles. The number of anilines is 1. The van der Waals surface area contributed by atoms with Crippen LogP contribution in [0.25, 0.3) is 11.5 Å². The van der Waals surface area contributed by atoms with E-state index >= 15 is 0 Å². The molecule has 3 aromatic rings. The largest absolute Gasteiger partial charge is 0.495 e. The lowest BCUT2D eigenvalue weighted by Crippen LogP contribution is -2.15. The highest BCUT2D eigenvalue weighted by molar-refractivity contribution is 7.99. The Morgan fingerprint density at radius 1 is 1.26 bits per heavy atom. The van der Waals surface area contributed by atoms with Gasteiger partial charge in [-0.15, -0.1) is 10.2 Å². The summed E-state index contributed by atoms with van der Waals surface area (Å²) in [7, 11) is 1.52. The predicted octanol–water partition coefficient (Wildman–Crippen LogP) is 5.09. The van der Waals surface area contributed by atoms with E-state index in [1.807, 2.05) is 13.0 Å². The zero-order valence-corrected chi connectivity index (χ0v) is 16.8. The highest BCUT2D eigenvalue weighted by Crippen LogP contribution is 2.31. The molecule has 0 atom stereocenters. The first kappa shape index (κ1) is 19.5. The van der Waals surface area contributed by atoms with Crippen molar-refractivity contribution < 1.29 is 13.9 Å². The molecule has 0 aliphatic rings. The zero-order chi connectivity index (χ0) is 19.4. The van der Waals surface area contributed by atoms with Gasteiger partial charge in [-0.25, -0.2) is 0 Å². The maximum absolute atomic E-state index is 12.2. The summed E-state index contributed by atoms with van der Waals surface area (Å²) in [5, 5.41) is 12.1. The normalized spacial score (nSPS) is 10.7. The smallest absolute Gasteiger partial charge is 0.277 e. The summed E-state index contributed by atoms with van der Waals surface area (Å²) in [4.78, 5) is 12.2. The van der Waals surface area contributed by atoms with Gasteiger partial charge < -0.3 is 14.5 Å². The van der Waals surface area contributed by atoms with Gasteiger partial charge in [0.1, 0.15) is 5.75 Å². The molecule has 27 heavy (non-hydrogen) atoms. The van der Waals surface area contributed by atoms with E-state index in [4.69, 9.17) is 32.4 Å². The SMILES string of the molecule is COc1cc(Cl)c(C)cc1NC(=O)CSc1nnc(-c2cccc(Cl)c2)o1. The summed E-state index contributed by atoms with van der Waals surface area (Å²) >= 11 is 13.2. The van der Waals surface area contributed by atoms with Crippen LogP contribution < -0.4 is 10.1 Å². The Balaban J connectivity index is 1.63. The molecule has 140 valence electrons. The number of aryl methyl sites for hydroxylation is 1. The van der Waals surface area contributed by atoms with E-state index < -0.39 is 0 Å². The van der Waals surface area contributed by atoms with Gasteiger partial charge in [-0.2, -0.15) is 0 Å². The van der Waals surface area contributed by atoms with Crippen molar-refractivity contribution in [2.24, 2.45) is 0 Å². The number of carbonyl (C=O) groups excluding carboxylic acids is 1. The molecule has 0 spiro atoms. The number of nitrogens with one attached hydrogen (secondary N) is 1. The van der Waals surface area contributed by atoms with Crippen molar-refractivity contribution in [2.75, 3.05) is 18.2 Å². The molecule has 3 rings (SSSR count). The third-order valence-corrected chi connectivity index (χ3v) is 5.02. The number of methoxy groups -OCH3 is 1. The zero-order valence-electron chi connectivity index (χ0n) is 14.5. The molecule has 1 amide bonds. The Labute approximate surface area is 170 Å². The van der Waals surface area contributed by atoms with Crippen LogP contribution in [0.15, 0.2) is 46.0 Å². The average molecular weight is 424 g/mol. The van der Waals surface area contributed by atoms with E-state index in [2.05, 4.69) is 15.5 Å². The minimum absolute atomic E-state index is 0.0992. The molecular weight excluding hydrogens is 409 g/mol. The Morgan fingerprint density at radius 2 is 2.07 bits per heavy atom. The summed E-state index contributed by atoms with van der Waals surface area (Å²) in [6.45, 7) is 1.85. The maximum Gasteiger partial charge on any atom is 0.277 e. The van der Waals surface area contributed by atoms with Gasteiger partial charge in [0.15, 0.2) is 0 Å². The van der Waals surface area contributed by atoms with Gasteiger partial charge in [0, 0.05) is 21.7 Å². The number of hydrogen-bond donors (Lipinski definition) is 1. The number of rotatable bonds is 6. The molecule has 0 saturated carbocycles. The van der Waals surface area contributed by atoms with Crippen molar-refractivity contribution in [3.8, 4) is 17.2 Å². The highest BCUT2D eigenvalue weighted by atomic mass is 35.5. The van der Waals surface area contributed by atoms with Crippen LogP contribution in [0.5, 0.6) is 5.75 Å². The Bertz CT molecular complexity index is 978. The van der Waals surface area contributed by atoms with Crippen molar-refractivity contribution in [3.63, 3.8) is 0 Å². The lowest BCUT2D eigenvalue weighted by molar-refractivity contribution is -0.113. The van der Waals surface area contributed by atoms with Crippen LogP contribution in [0.3, 0.4) is 0 Å². The van der Waals surface area contributed by atoms with Crippen LogP contribution in [0.1, 0.15) is 5.56 Å². The molecule has 6 nitrogen and oxygen atoms in total. The van der Waals surface area contributed by atoms with Gasteiger partial charge in [-0.05, 0) is 36.8 Å². The first-order valence-corrected chi connectivity index (χ1v) is 9.56. The van der Waals surface area contributed by atoms with Gasteiger partial charge >= 0.3 is 0 Å². The van der Waals surface area contributed by atoms with E-state index in [9.17, 15) is 4.79 Å². The molecule has 0 fully saturated rings. The Hall–Kier alpha value is -2.22. The fourth-order valence-corrected chi connectivity index (χ4v) is 3.16. The number of ether oxygens (including phenoxy) is 1. The summed E-state index contributed by atoms with van der Waals surface area (Å²) in [5.74, 6) is 0.699. The lowest BCUT2D eigenvalue weighted by Gasteiger charge is -2.11. The second kappa shape index (κ2) is 8.65. The molecule has 1 N–H and O–H groups in total. The number of nitrogens with zero attached hydrogens (tertiary/aromatic N) is 2. The quantitative estimate of drug-likeness (QED) is 0.556. The van der Waals surface area contributed by atoms with E-state index in [0.717, 1.165) is 17.3 Å². The number of carbonyl (C=O) groups is 1. The Kier molecular flexibility index (Phi) is 6.26. The summed E-state index contributed by atoms with van der Waals surface area (Å²) < 4.78 is 10.8. The third kappa shape index (κ3) is 4.94. The molecule has 0 saturated heterocycles. The minimum atomic E-state index is -0.234. The standard InChI is InChI=1S/C18H15Cl2N3O3S/c1-10-6-14(15(25-2)8-13(10)20)21-16(24)9-27-18-23-22-17(26-18)11-4-3-5-12(19)7-11/h3-8H,9H2,1-2H3,(H,21,24). The summed E-state index contributed by atoms with van der Waals surface area (Å²) in [6, 6.07) is 10.5. The van der Waals surface area contributed by atoms with E-state index in [1.165, 1.54) is 7.11 Å². The van der Waals surface area contributed by atoms with Crippen molar-refractivity contribution in [3.05, 3.63) is 52.0 Å². The van der Waals surface area contributed by atoms with E-state index in [0.29, 0.717) is 38.2 Å². The second-order valence-electron chi connectivity index (χ2n) is 5.52. The first-order valence-electron chi connectivity index (χ1n) is 7.82. The van der Waals surface area contributed by atoms with Crippen molar-refractivity contribution >= 4 is 46.6 Å². The molecule has 0 bridgehead atoms. The fraction of sp³-hybridized carbons (Fsp3) is 0.167. The first-order chi connectivity index (χ1) is 13.0. The third-order valence-electron chi connectivity index (χ3n) is 3.56. The number of benzene rings is 2. The fourth-order valence-electron chi connectivity index (χ4n) is 2.25. The van der Waals surface area contributed by atoms with Gasteiger partial charge in [0.2, 0.25) is 11.8 Å². The van der Waals surface area contributed by atoms with Gasteiger partial charge in [-0.1, -0.05) is 41.0 Å². The number of hydrogen-bond acceptors (Lipinski definition) is 6. The molecule has 0 radical (unpaired) electrons. The Morgan fingerprint density at radius 3 is 2.81 bits per heavy atom. The summed E-state index contributed by atoms with van der Waals surface area (Å²) in [5.41, 5.74) is 2.10. The maximum atomic E-state index is 12.2. The van der Waals surface area contributed by atoms with Crippen LogP contribution in [0, 0.1) is 6.92 Å². The topological polar surface area (TPSA) is 77.2 Å². The number of aromatic nitrogens is 2. The van der Waals surface area contributed by atoms with Gasteiger partial charge in [-0.3, -0.25) is 4.79 Å². The number of thioether (sulfide) groups is 1. The number of halogens is 2. The van der Waals surface area contributed by atoms with Crippen LogP contribution in [-0.2, 0) is 4.79 Å². The van der Waals surface area contributed by atoms with Crippen LogP contribution in [-0.4, -0.2) is 29.0 Å². The monoisotopic (exact) mass is 423 g/mol. The van der Waals surface area contributed by atoms with Crippen molar-refractivity contribution in [2.45, 2.75) is 12.1 Å². The van der Waals surface area contributed by atoms with Gasteiger partial charge in [0.05, 0.1) is 18.6 Å². The molecule has 2 aromatic carbocycles. The van der Waals surface area contributed by atoms with Crippen LogP contribution in [0.4, 0.5) is 5.69 Å².